The Morgan fingerprint density at radius 2 is 1.94 bits per heavy atom. The van der Waals surface area contributed by atoms with E-state index in [9.17, 15) is 0 Å². The standard InChI is InChI=1S/C13H18ClN3/c1-8(2)10(4)17-12-5-6-15-7-11(12)16-13(17)9(3)14/h5-10H,1-4H3. The lowest BCUT2D eigenvalue weighted by atomic mass is 10.1. The number of pyridine rings is 1. The molecule has 4 heteroatoms. The number of fused-ring (bicyclic) bond motifs is 1. The fraction of sp³-hybridized carbons (Fsp3) is 0.538. The summed E-state index contributed by atoms with van der Waals surface area (Å²) in [6.07, 6.45) is 3.60. The third kappa shape index (κ3) is 2.16. The Hall–Kier alpha value is -1.09. The third-order valence-electron chi connectivity index (χ3n) is 3.25. The average molecular weight is 252 g/mol. The summed E-state index contributed by atoms with van der Waals surface area (Å²) >= 11 is 6.22. The highest BCUT2D eigenvalue weighted by Gasteiger charge is 2.20. The summed E-state index contributed by atoms with van der Waals surface area (Å²) in [7, 11) is 0. The first-order chi connectivity index (χ1) is 8.02. The Balaban J connectivity index is 2.68. The molecule has 2 unspecified atom stereocenters. The molecule has 0 saturated carbocycles. The first-order valence-electron chi connectivity index (χ1n) is 5.98. The van der Waals surface area contributed by atoms with Gasteiger partial charge in [-0.15, -0.1) is 11.6 Å². The molecule has 2 rings (SSSR count). The monoisotopic (exact) mass is 251 g/mol. The van der Waals surface area contributed by atoms with E-state index in [-0.39, 0.29) is 5.38 Å². The van der Waals surface area contributed by atoms with Gasteiger partial charge in [0.15, 0.2) is 0 Å². The molecule has 0 bridgehead atoms. The van der Waals surface area contributed by atoms with E-state index in [4.69, 9.17) is 11.6 Å². The minimum absolute atomic E-state index is 0.0939. The number of aromatic nitrogens is 3. The van der Waals surface area contributed by atoms with Gasteiger partial charge in [0, 0.05) is 12.2 Å². The highest BCUT2D eigenvalue weighted by Crippen LogP contribution is 2.30. The normalized spacial score (nSPS) is 15.4. The van der Waals surface area contributed by atoms with E-state index in [2.05, 4.69) is 35.3 Å². The van der Waals surface area contributed by atoms with Crippen molar-refractivity contribution in [2.24, 2.45) is 5.92 Å². The molecule has 0 aliphatic carbocycles. The number of imidazole rings is 1. The van der Waals surface area contributed by atoms with Crippen LogP contribution in [0.1, 0.15) is 44.9 Å². The quantitative estimate of drug-likeness (QED) is 0.774. The molecule has 2 heterocycles. The van der Waals surface area contributed by atoms with Crippen LogP contribution in [0.4, 0.5) is 0 Å². The molecule has 0 aliphatic heterocycles. The number of nitrogens with zero attached hydrogens (tertiary/aromatic N) is 3. The molecule has 2 aromatic heterocycles. The first kappa shape index (κ1) is 12.4. The Bertz CT molecular complexity index is 516. The van der Waals surface area contributed by atoms with Crippen LogP contribution in [0.25, 0.3) is 11.0 Å². The summed E-state index contributed by atoms with van der Waals surface area (Å²) in [5.74, 6) is 1.46. The predicted octanol–water partition coefficient (Wildman–Crippen LogP) is 3.95. The third-order valence-corrected chi connectivity index (χ3v) is 3.44. The zero-order chi connectivity index (χ0) is 12.6. The van der Waals surface area contributed by atoms with Gasteiger partial charge in [0.25, 0.3) is 0 Å². The van der Waals surface area contributed by atoms with Crippen molar-refractivity contribution in [3.63, 3.8) is 0 Å². The van der Waals surface area contributed by atoms with E-state index in [1.54, 1.807) is 12.4 Å². The van der Waals surface area contributed by atoms with Crippen LogP contribution in [-0.4, -0.2) is 14.5 Å². The van der Waals surface area contributed by atoms with Gasteiger partial charge in [-0.05, 0) is 25.8 Å². The number of rotatable bonds is 3. The molecule has 0 radical (unpaired) electrons. The van der Waals surface area contributed by atoms with Crippen molar-refractivity contribution in [2.45, 2.75) is 39.1 Å². The Labute approximate surface area is 107 Å². The van der Waals surface area contributed by atoms with E-state index < -0.39 is 0 Å². The maximum absolute atomic E-state index is 6.22. The number of alkyl halides is 1. The lowest BCUT2D eigenvalue weighted by Crippen LogP contribution is -2.14. The predicted molar refractivity (Wildman–Crippen MR) is 71.3 cm³/mol. The van der Waals surface area contributed by atoms with Crippen LogP contribution in [0.2, 0.25) is 0 Å². The van der Waals surface area contributed by atoms with Crippen molar-refractivity contribution in [3.8, 4) is 0 Å². The van der Waals surface area contributed by atoms with Gasteiger partial charge in [-0.1, -0.05) is 13.8 Å². The van der Waals surface area contributed by atoms with Crippen LogP contribution in [0.3, 0.4) is 0 Å². The van der Waals surface area contributed by atoms with Crippen LogP contribution in [0.15, 0.2) is 18.5 Å². The lowest BCUT2D eigenvalue weighted by Gasteiger charge is -2.21. The van der Waals surface area contributed by atoms with Gasteiger partial charge in [-0.25, -0.2) is 4.98 Å². The van der Waals surface area contributed by atoms with Gasteiger partial charge >= 0.3 is 0 Å². The minimum atomic E-state index is -0.0939. The van der Waals surface area contributed by atoms with Gasteiger partial charge in [0.2, 0.25) is 0 Å². The van der Waals surface area contributed by atoms with Gasteiger partial charge < -0.3 is 4.57 Å². The maximum atomic E-state index is 6.22. The maximum Gasteiger partial charge on any atom is 0.128 e. The van der Waals surface area contributed by atoms with Gasteiger partial charge in [0.1, 0.15) is 11.3 Å². The smallest absolute Gasteiger partial charge is 0.128 e. The van der Waals surface area contributed by atoms with Crippen LogP contribution in [-0.2, 0) is 0 Å². The summed E-state index contributed by atoms with van der Waals surface area (Å²) in [5, 5.41) is -0.0939. The Morgan fingerprint density at radius 1 is 1.24 bits per heavy atom. The molecule has 0 N–H and O–H groups in total. The lowest BCUT2D eigenvalue weighted by molar-refractivity contribution is 0.405. The molecule has 92 valence electrons. The average Bonchev–Trinajstić information content (AvgIpc) is 2.67. The topological polar surface area (TPSA) is 30.7 Å². The Kier molecular flexibility index (Phi) is 3.38. The molecular weight excluding hydrogens is 234 g/mol. The van der Waals surface area contributed by atoms with Crippen molar-refractivity contribution in [1.82, 2.24) is 14.5 Å². The van der Waals surface area contributed by atoms with E-state index in [0.717, 1.165) is 16.9 Å². The number of halogens is 1. The highest BCUT2D eigenvalue weighted by atomic mass is 35.5. The Morgan fingerprint density at radius 3 is 2.53 bits per heavy atom. The summed E-state index contributed by atoms with van der Waals surface area (Å²) < 4.78 is 2.24. The first-order valence-corrected chi connectivity index (χ1v) is 6.42. The summed E-state index contributed by atoms with van der Waals surface area (Å²) in [6.45, 7) is 8.58. The molecule has 0 spiro atoms. The van der Waals surface area contributed by atoms with Crippen LogP contribution >= 0.6 is 11.6 Å². The molecule has 17 heavy (non-hydrogen) atoms. The number of hydrogen-bond acceptors (Lipinski definition) is 2. The minimum Gasteiger partial charge on any atom is -0.324 e. The van der Waals surface area contributed by atoms with Crippen molar-refractivity contribution in [3.05, 3.63) is 24.3 Å². The van der Waals surface area contributed by atoms with E-state index >= 15 is 0 Å². The van der Waals surface area contributed by atoms with Crippen molar-refractivity contribution in [1.29, 1.82) is 0 Å². The van der Waals surface area contributed by atoms with E-state index in [1.165, 1.54) is 0 Å². The number of hydrogen-bond donors (Lipinski definition) is 0. The van der Waals surface area contributed by atoms with Crippen LogP contribution in [0, 0.1) is 5.92 Å². The fourth-order valence-electron chi connectivity index (χ4n) is 1.98. The van der Waals surface area contributed by atoms with E-state index in [1.807, 2.05) is 13.0 Å². The molecule has 0 aliphatic rings. The van der Waals surface area contributed by atoms with Crippen molar-refractivity contribution in [2.75, 3.05) is 0 Å². The molecule has 2 atom stereocenters. The van der Waals surface area contributed by atoms with Crippen molar-refractivity contribution < 1.29 is 0 Å². The largest absolute Gasteiger partial charge is 0.324 e. The molecule has 0 amide bonds. The van der Waals surface area contributed by atoms with Crippen LogP contribution < -0.4 is 0 Å². The second kappa shape index (κ2) is 4.65. The van der Waals surface area contributed by atoms with Gasteiger partial charge in [-0.3, -0.25) is 4.98 Å². The van der Waals surface area contributed by atoms with Crippen molar-refractivity contribution >= 4 is 22.6 Å². The summed E-state index contributed by atoms with van der Waals surface area (Å²) in [5.41, 5.74) is 2.03. The molecule has 3 nitrogen and oxygen atoms in total. The van der Waals surface area contributed by atoms with Crippen LogP contribution in [0.5, 0.6) is 0 Å². The molecule has 0 fully saturated rings. The second-order valence-corrected chi connectivity index (χ2v) is 5.46. The zero-order valence-corrected chi connectivity index (χ0v) is 11.4. The molecule has 0 aromatic carbocycles. The van der Waals surface area contributed by atoms with Gasteiger partial charge in [0.05, 0.1) is 17.1 Å². The molecule has 0 saturated heterocycles. The molecule has 2 aromatic rings. The fourth-order valence-corrected chi connectivity index (χ4v) is 2.13. The van der Waals surface area contributed by atoms with E-state index in [0.29, 0.717) is 12.0 Å². The van der Waals surface area contributed by atoms with Gasteiger partial charge in [-0.2, -0.15) is 0 Å². The second-order valence-electron chi connectivity index (χ2n) is 4.81. The molecular formula is C13H18ClN3. The zero-order valence-electron chi connectivity index (χ0n) is 10.7. The summed E-state index contributed by atoms with van der Waals surface area (Å²) in [6, 6.07) is 2.38. The highest BCUT2D eigenvalue weighted by molar-refractivity contribution is 6.20. The SMILES string of the molecule is CC(Cl)c1nc2cnccc2n1C(C)C(C)C. The summed E-state index contributed by atoms with van der Waals surface area (Å²) in [4.78, 5) is 8.70.